The zero-order valence-corrected chi connectivity index (χ0v) is 13.8. The first-order chi connectivity index (χ1) is 9.95. The number of amides is 1. The van der Waals surface area contributed by atoms with E-state index in [2.05, 4.69) is 15.9 Å². The summed E-state index contributed by atoms with van der Waals surface area (Å²) < 4.78 is 39.6. The molecule has 0 aliphatic heterocycles. The topological polar surface area (TPSA) is 20.3 Å². The lowest BCUT2D eigenvalue weighted by atomic mass is 9.77. The molecule has 2 rings (SSSR count). The van der Waals surface area contributed by atoms with Crippen LogP contribution in [0.5, 0.6) is 0 Å². The Bertz CT molecular complexity index is 357. The lowest BCUT2D eigenvalue weighted by molar-refractivity contribution is -0.201. The molecular formula is C15H23BrF3NO. The van der Waals surface area contributed by atoms with Gasteiger partial charge in [-0.2, -0.15) is 13.2 Å². The minimum Gasteiger partial charge on any atom is -0.339 e. The lowest BCUT2D eigenvalue weighted by Crippen LogP contribution is -2.51. The maximum atomic E-state index is 13.2. The summed E-state index contributed by atoms with van der Waals surface area (Å²) >= 11 is 3.34. The van der Waals surface area contributed by atoms with Crippen LogP contribution < -0.4 is 0 Å². The molecule has 0 radical (unpaired) electrons. The highest BCUT2D eigenvalue weighted by molar-refractivity contribution is 9.09. The Kier molecular flexibility index (Phi) is 5.97. The molecule has 0 saturated heterocycles. The first-order valence-electron chi connectivity index (χ1n) is 7.88. The first kappa shape index (κ1) is 17.1. The van der Waals surface area contributed by atoms with Crippen molar-refractivity contribution in [1.29, 1.82) is 0 Å². The summed E-state index contributed by atoms with van der Waals surface area (Å²) in [7, 11) is 0. The summed E-state index contributed by atoms with van der Waals surface area (Å²) in [4.78, 5) is 14.5. The summed E-state index contributed by atoms with van der Waals surface area (Å²) in [6.45, 7) is 0.579. The Balaban J connectivity index is 2.09. The molecular weight excluding hydrogens is 347 g/mol. The molecule has 2 nitrogen and oxygen atoms in total. The predicted octanol–water partition coefficient (Wildman–Crippen LogP) is 4.52. The van der Waals surface area contributed by atoms with Gasteiger partial charge in [0, 0.05) is 23.8 Å². The molecule has 0 heterocycles. The lowest BCUT2D eigenvalue weighted by Gasteiger charge is -2.42. The predicted molar refractivity (Wildman–Crippen MR) is 79.3 cm³/mol. The quantitative estimate of drug-likeness (QED) is 0.652. The van der Waals surface area contributed by atoms with Gasteiger partial charge in [0.05, 0.1) is 5.92 Å². The van der Waals surface area contributed by atoms with E-state index in [0.29, 0.717) is 19.4 Å². The van der Waals surface area contributed by atoms with Gasteiger partial charge in [-0.15, -0.1) is 0 Å². The van der Waals surface area contributed by atoms with E-state index < -0.39 is 18.0 Å². The summed E-state index contributed by atoms with van der Waals surface area (Å²) in [5, 5.41) is 0.775. The van der Waals surface area contributed by atoms with Gasteiger partial charge in [0.1, 0.15) is 0 Å². The second-order valence-electron chi connectivity index (χ2n) is 6.20. The van der Waals surface area contributed by atoms with Crippen LogP contribution in [0.25, 0.3) is 0 Å². The number of hydrogen-bond acceptors (Lipinski definition) is 1. The third-order valence-corrected chi connectivity index (χ3v) is 5.40. The molecule has 0 spiro atoms. The molecule has 0 N–H and O–H groups in total. The Hall–Kier alpha value is -0.260. The molecule has 0 aromatic heterocycles. The monoisotopic (exact) mass is 369 g/mol. The Morgan fingerprint density at radius 3 is 2.29 bits per heavy atom. The Labute approximate surface area is 132 Å². The van der Waals surface area contributed by atoms with Crippen LogP contribution in [0.3, 0.4) is 0 Å². The fourth-order valence-corrected chi connectivity index (χ4v) is 3.68. The molecule has 2 atom stereocenters. The van der Waals surface area contributed by atoms with E-state index in [-0.39, 0.29) is 18.4 Å². The first-order valence-corrected chi connectivity index (χ1v) is 9.00. The highest BCUT2D eigenvalue weighted by atomic mass is 79.9. The zero-order chi connectivity index (χ0) is 15.5. The minimum absolute atomic E-state index is 0.108. The number of nitrogens with zero attached hydrogens (tertiary/aromatic N) is 1. The van der Waals surface area contributed by atoms with E-state index >= 15 is 0 Å². The molecule has 2 unspecified atom stereocenters. The summed E-state index contributed by atoms with van der Waals surface area (Å²) in [6, 6.07) is 0.173. The van der Waals surface area contributed by atoms with Crippen molar-refractivity contribution in [3.63, 3.8) is 0 Å². The van der Waals surface area contributed by atoms with Gasteiger partial charge in [-0.1, -0.05) is 28.8 Å². The smallest absolute Gasteiger partial charge is 0.339 e. The van der Waals surface area contributed by atoms with Gasteiger partial charge in [-0.05, 0) is 38.5 Å². The largest absolute Gasteiger partial charge is 0.392 e. The van der Waals surface area contributed by atoms with Crippen molar-refractivity contribution < 1.29 is 18.0 Å². The highest BCUT2D eigenvalue weighted by Crippen LogP contribution is 2.43. The van der Waals surface area contributed by atoms with Crippen LogP contribution in [-0.2, 0) is 4.79 Å². The summed E-state index contributed by atoms with van der Waals surface area (Å²) in [5.74, 6) is -2.54. The number of halogens is 4. The maximum absolute atomic E-state index is 13.2. The molecule has 122 valence electrons. The zero-order valence-electron chi connectivity index (χ0n) is 12.2. The van der Waals surface area contributed by atoms with Crippen molar-refractivity contribution in [2.24, 2.45) is 11.8 Å². The fraction of sp³-hybridized carbons (Fsp3) is 0.933. The van der Waals surface area contributed by atoms with Gasteiger partial charge in [-0.3, -0.25) is 4.79 Å². The molecule has 0 aromatic carbocycles. The number of carbonyl (C=O) groups is 1. The molecule has 2 aliphatic rings. The minimum atomic E-state index is -4.25. The highest BCUT2D eigenvalue weighted by Gasteiger charge is 2.49. The van der Waals surface area contributed by atoms with Crippen LogP contribution in [0.15, 0.2) is 0 Å². The van der Waals surface area contributed by atoms with Gasteiger partial charge in [-0.25, -0.2) is 0 Å². The van der Waals surface area contributed by atoms with Crippen molar-refractivity contribution in [3.05, 3.63) is 0 Å². The van der Waals surface area contributed by atoms with Crippen molar-refractivity contribution in [2.45, 2.75) is 63.6 Å². The third-order valence-electron chi connectivity index (χ3n) is 4.83. The van der Waals surface area contributed by atoms with Crippen LogP contribution in [0.1, 0.15) is 51.4 Å². The SMILES string of the molecule is O=C(C1CCCCC1C(F)(F)F)N(CCCBr)C1CCC1. The molecule has 0 bridgehead atoms. The molecule has 6 heteroatoms. The summed E-state index contributed by atoms with van der Waals surface area (Å²) in [6.07, 6.45) is 1.33. The molecule has 2 fully saturated rings. The van der Waals surface area contributed by atoms with E-state index in [1.165, 1.54) is 0 Å². The van der Waals surface area contributed by atoms with Crippen molar-refractivity contribution in [2.75, 3.05) is 11.9 Å². The van der Waals surface area contributed by atoms with Crippen LogP contribution in [0, 0.1) is 11.8 Å². The van der Waals surface area contributed by atoms with Crippen molar-refractivity contribution >= 4 is 21.8 Å². The van der Waals surface area contributed by atoms with E-state index in [0.717, 1.165) is 37.4 Å². The van der Waals surface area contributed by atoms with Crippen molar-refractivity contribution in [3.8, 4) is 0 Å². The van der Waals surface area contributed by atoms with Gasteiger partial charge >= 0.3 is 6.18 Å². The number of rotatable bonds is 5. The summed E-state index contributed by atoms with van der Waals surface area (Å²) in [5.41, 5.74) is 0. The normalized spacial score (nSPS) is 27.2. The second-order valence-corrected chi connectivity index (χ2v) is 6.99. The average molecular weight is 370 g/mol. The molecule has 0 aromatic rings. The van der Waals surface area contributed by atoms with E-state index in [1.807, 2.05) is 0 Å². The number of carbonyl (C=O) groups excluding carboxylic acids is 1. The average Bonchev–Trinajstić information content (AvgIpc) is 2.39. The second kappa shape index (κ2) is 7.34. The molecule has 21 heavy (non-hydrogen) atoms. The number of hydrogen-bond donors (Lipinski definition) is 0. The van der Waals surface area contributed by atoms with E-state index in [9.17, 15) is 18.0 Å². The van der Waals surface area contributed by atoms with Crippen LogP contribution in [0.4, 0.5) is 13.2 Å². The number of alkyl halides is 4. The van der Waals surface area contributed by atoms with Gasteiger partial charge in [0.25, 0.3) is 0 Å². The van der Waals surface area contributed by atoms with Crippen LogP contribution in [0.2, 0.25) is 0 Å². The van der Waals surface area contributed by atoms with Crippen LogP contribution >= 0.6 is 15.9 Å². The molecule has 2 saturated carbocycles. The van der Waals surface area contributed by atoms with E-state index in [4.69, 9.17) is 0 Å². The van der Waals surface area contributed by atoms with Crippen molar-refractivity contribution in [1.82, 2.24) is 4.90 Å². The standard InChI is InChI=1S/C15H23BrF3NO/c16-9-4-10-20(11-5-3-6-11)14(21)12-7-1-2-8-13(12)15(17,18)19/h11-13H,1-10H2. The molecule has 1 amide bonds. The molecule has 2 aliphatic carbocycles. The van der Waals surface area contributed by atoms with Crippen LogP contribution in [-0.4, -0.2) is 34.9 Å². The fourth-order valence-electron chi connectivity index (χ4n) is 3.43. The van der Waals surface area contributed by atoms with Gasteiger partial charge in [0.15, 0.2) is 0 Å². The van der Waals surface area contributed by atoms with Gasteiger partial charge < -0.3 is 4.90 Å². The Morgan fingerprint density at radius 1 is 1.10 bits per heavy atom. The van der Waals surface area contributed by atoms with E-state index in [1.54, 1.807) is 4.90 Å². The third kappa shape index (κ3) is 4.14. The maximum Gasteiger partial charge on any atom is 0.392 e. The van der Waals surface area contributed by atoms with Gasteiger partial charge in [0.2, 0.25) is 5.91 Å². The Morgan fingerprint density at radius 2 is 1.76 bits per heavy atom.